The molecule has 4 rings (SSSR count). The smallest absolute Gasteiger partial charge is 0.279 e. The predicted molar refractivity (Wildman–Crippen MR) is 119 cm³/mol. The van der Waals surface area contributed by atoms with E-state index in [9.17, 15) is 4.79 Å². The molecular weight excluding hydrogens is 424 g/mol. The third-order valence-electron chi connectivity index (χ3n) is 4.69. The summed E-state index contributed by atoms with van der Waals surface area (Å²) >= 11 is 3.20. The van der Waals surface area contributed by atoms with E-state index in [4.69, 9.17) is 18.9 Å². The number of fused-ring (bicyclic) bond motifs is 2. The van der Waals surface area contributed by atoms with Crippen LogP contribution in [0.4, 0.5) is 0 Å². The van der Waals surface area contributed by atoms with Crippen LogP contribution < -0.4 is 23.7 Å². The molecule has 0 aliphatic carbocycles. The van der Waals surface area contributed by atoms with Gasteiger partial charge in [-0.15, -0.1) is 0 Å². The Morgan fingerprint density at radius 3 is 2.57 bits per heavy atom. The van der Waals surface area contributed by atoms with Gasteiger partial charge in [0.2, 0.25) is 0 Å². The first-order chi connectivity index (χ1) is 14.6. The first kappa shape index (κ1) is 20.6. The molecule has 0 unspecified atom stereocenters. The number of thiazole rings is 1. The van der Waals surface area contributed by atoms with Crippen LogP contribution in [0.3, 0.4) is 0 Å². The largest absolute Gasteiger partial charge is 0.493 e. The van der Waals surface area contributed by atoms with Gasteiger partial charge in [0.1, 0.15) is 13.2 Å². The Morgan fingerprint density at radius 1 is 1.13 bits per heavy atom. The number of carbonyl (C=O) groups excluding carboxylic acids is 1. The number of benzene rings is 2. The molecular formula is C21H22N2O5S2. The third kappa shape index (κ3) is 3.99. The molecule has 0 radical (unpaired) electrons. The van der Waals surface area contributed by atoms with Gasteiger partial charge in [0.05, 0.1) is 24.4 Å². The van der Waals surface area contributed by atoms with Gasteiger partial charge < -0.3 is 23.5 Å². The van der Waals surface area contributed by atoms with Crippen LogP contribution >= 0.6 is 23.1 Å². The number of carbonyl (C=O) groups is 1. The van der Waals surface area contributed by atoms with Crippen molar-refractivity contribution in [1.82, 2.24) is 4.57 Å². The average Bonchev–Trinajstić information content (AvgIpc) is 3.10. The lowest BCUT2D eigenvalue weighted by Gasteiger charge is -2.18. The maximum Gasteiger partial charge on any atom is 0.279 e. The Kier molecular flexibility index (Phi) is 6.19. The van der Waals surface area contributed by atoms with Crippen LogP contribution in [0.25, 0.3) is 10.2 Å². The van der Waals surface area contributed by atoms with Crippen LogP contribution in [-0.4, -0.2) is 49.9 Å². The van der Waals surface area contributed by atoms with Crippen LogP contribution in [0.15, 0.2) is 35.3 Å². The van der Waals surface area contributed by atoms with E-state index in [2.05, 4.69) is 15.8 Å². The van der Waals surface area contributed by atoms with Gasteiger partial charge in [-0.05, 0) is 24.5 Å². The summed E-state index contributed by atoms with van der Waals surface area (Å²) in [6.07, 6.45) is 2.06. The van der Waals surface area contributed by atoms with E-state index >= 15 is 0 Å². The summed E-state index contributed by atoms with van der Waals surface area (Å²) in [5.41, 5.74) is 1.42. The van der Waals surface area contributed by atoms with Gasteiger partial charge >= 0.3 is 0 Å². The Labute approximate surface area is 182 Å². The quantitative estimate of drug-likeness (QED) is 0.576. The summed E-state index contributed by atoms with van der Waals surface area (Å²) in [7, 11) is 3.10. The summed E-state index contributed by atoms with van der Waals surface area (Å²) < 4.78 is 25.1. The molecule has 0 spiro atoms. The van der Waals surface area contributed by atoms with E-state index in [1.54, 1.807) is 37.1 Å². The van der Waals surface area contributed by atoms with Crippen molar-refractivity contribution in [1.29, 1.82) is 0 Å². The first-order valence-corrected chi connectivity index (χ1v) is 11.6. The lowest BCUT2D eigenvalue weighted by atomic mass is 10.2. The standard InChI is InChI=1S/C21H22N2O5S2/c1-25-15-5-4-13(10-16(15)26-2)20(24)22-21-23(6-9-29-3)14-11-17-18(12-19(14)30-21)28-8-7-27-17/h4-5,10-12H,6-9H2,1-3H3. The molecule has 0 atom stereocenters. The van der Waals surface area contributed by atoms with Gasteiger partial charge in [-0.25, -0.2) is 0 Å². The number of methoxy groups -OCH3 is 2. The average molecular weight is 447 g/mol. The summed E-state index contributed by atoms with van der Waals surface area (Å²) in [5.74, 6) is 3.08. The molecule has 0 saturated carbocycles. The van der Waals surface area contributed by atoms with Gasteiger partial charge in [0.25, 0.3) is 5.91 Å². The van der Waals surface area contributed by atoms with Crippen LogP contribution in [-0.2, 0) is 6.54 Å². The number of amides is 1. The fourth-order valence-corrected chi connectivity index (χ4v) is 4.64. The van der Waals surface area contributed by atoms with Crippen molar-refractivity contribution in [2.45, 2.75) is 6.54 Å². The number of nitrogens with zero attached hydrogens (tertiary/aromatic N) is 2. The molecule has 2 heterocycles. The van der Waals surface area contributed by atoms with Crippen LogP contribution in [0, 0.1) is 0 Å². The van der Waals surface area contributed by atoms with E-state index in [0.29, 0.717) is 35.1 Å². The maximum absolute atomic E-state index is 12.9. The van der Waals surface area contributed by atoms with Gasteiger partial charge in [-0.2, -0.15) is 16.8 Å². The molecule has 1 aliphatic rings. The molecule has 158 valence electrons. The fraction of sp³-hybridized carbons (Fsp3) is 0.333. The third-order valence-corrected chi connectivity index (χ3v) is 6.33. The van der Waals surface area contributed by atoms with Crippen molar-refractivity contribution in [3.63, 3.8) is 0 Å². The topological polar surface area (TPSA) is 71.3 Å². The zero-order valence-corrected chi connectivity index (χ0v) is 18.6. The molecule has 1 amide bonds. The minimum absolute atomic E-state index is 0.335. The second-order valence-corrected chi connectivity index (χ2v) is 8.47. The monoisotopic (exact) mass is 446 g/mol. The zero-order chi connectivity index (χ0) is 21.1. The lowest BCUT2D eigenvalue weighted by Crippen LogP contribution is -2.18. The molecule has 1 aliphatic heterocycles. The maximum atomic E-state index is 12.9. The zero-order valence-electron chi connectivity index (χ0n) is 17.0. The Bertz CT molecular complexity index is 1150. The van der Waals surface area contributed by atoms with E-state index in [1.165, 1.54) is 18.4 Å². The highest BCUT2D eigenvalue weighted by molar-refractivity contribution is 7.98. The predicted octanol–water partition coefficient (Wildman–Crippen LogP) is 3.60. The highest BCUT2D eigenvalue weighted by atomic mass is 32.2. The van der Waals surface area contributed by atoms with Crippen LogP contribution in [0.1, 0.15) is 10.4 Å². The highest BCUT2D eigenvalue weighted by Crippen LogP contribution is 2.35. The van der Waals surface area contributed by atoms with Gasteiger partial charge in [-0.3, -0.25) is 4.79 Å². The molecule has 0 bridgehead atoms. The minimum atomic E-state index is -0.335. The number of aromatic nitrogens is 1. The Hall–Kier alpha value is -2.65. The number of hydrogen-bond donors (Lipinski definition) is 0. The number of thioether (sulfide) groups is 1. The molecule has 3 aromatic rings. The van der Waals surface area contributed by atoms with Gasteiger partial charge in [0.15, 0.2) is 27.8 Å². The Balaban J connectivity index is 1.80. The molecule has 2 aromatic carbocycles. The van der Waals surface area contributed by atoms with Crippen molar-refractivity contribution in [2.75, 3.05) is 39.4 Å². The molecule has 1 aromatic heterocycles. The molecule has 0 saturated heterocycles. The molecule has 30 heavy (non-hydrogen) atoms. The lowest BCUT2D eigenvalue weighted by molar-refractivity contribution is 0.0997. The molecule has 0 N–H and O–H groups in total. The minimum Gasteiger partial charge on any atom is -0.493 e. The fourth-order valence-electron chi connectivity index (χ4n) is 3.21. The van der Waals surface area contributed by atoms with Gasteiger partial charge in [0, 0.05) is 30.0 Å². The van der Waals surface area contributed by atoms with Crippen molar-refractivity contribution in [3.05, 3.63) is 40.7 Å². The van der Waals surface area contributed by atoms with E-state index in [1.807, 2.05) is 12.1 Å². The molecule has 7 nitrogen and oxygen atoms in total. The van der Waals surface area contributed by atoms with Crippen molar-refractivity contribution >= 4 is 39.2 Å². The van der Waals surface area contributed by atoms with Crippen molar-refractivity contribution in [2.24, 2.45) is 4.99 Å². The highest BCUT2D eigenvalue weighted by Gasteiger charge is 2.17. The molecule has 9 heteroatoms. The summed E-state index contributed by atoms with van der Waals surface area (Å²) in [6, 6.07) is 8.97. The number of aryl methyl sites for hydroxylation is 1. The Morgan fingerprint density at radius 2 is 1.87 bits per heavy atom. The molecule has 0 fully saturated rings. The van der Waals surface area contributed by atoms with E-state index < -0.39 is 0 Å². The normalized spacial score (nSPS) is 13.5. The summed E-state index contributed by atoms with van der Waals surface area (Å²) in [5, 5.41) is 0. The van der Waals surface area contributed by atoms with Crippen LogP contribution in [0.2, 0.25) is 0 Å². The van der Waals surface area contributed by atoms with Crippen LogP contribution in [0.5, 0.6) is 23.0 Å². The van der Waals surface area contributed by atoms with Crippen molar-refractivity contribution < 1.29 is 23.7 Å². The SMILES string of the molecule is COc1ccc(C(=O)N=c2sc3cc4c(cc3n2CCSC)OCCO4)cc1OC. The second kappa shape index (κ2) is 9.01. The number of ether oxygens (including phenoxy) is 4. The summed E-state index contributed by atoms with van der Waals surface area (Å²) in [4.78, 5) is 18.0. The second-order valence-electron chi connectivity index (χ2n) is 6.48. The number of hydrogen-bond acceptors (Lipinski definition) is 7. The number of rotatable bonds is 6. The van der Waals surface area contributed by atoms with E-state index in [0.717, 1.165) is 34.0 Å². The van der Waals surface area contributed by atoms with Crippen molar-refractivity contribution in [3.8, 4) is 23.0 Å². The van der Waals surface area contributed by atoms with E-state index in [-0.39, 0.29) is 5.91 Å². The first-order valence-electron chi connectivity index (χ1n) is 9.37. The van der Waals surface area contributed by atoms with Gasteiger partial charge in [-0.1, -0.05) is 11.3 Å². The summed E-state index contributed by atoms with van der Waals surface area (Å²) in [6.45, 7) is 1.80.